The summed E-state index contributed by atoms with van der Waals surface area (Å²) in [6.07, 6.45) is -6.39. The van der Waals surface area contributed by atoms with Gasteiger partial charge in [-0.15, -0.1) is 0 Å². The van der Waals surface area contributed by atoms with Gasteiger partial charge in [0.25, 0.3) is 0 Å². The lowest BCUT2D eigenvalue weighted by Gasteiger charge is -2.44. The second kappa shape index (κ2) is 12.0. The average molecular weight is 465 g/mol. The Kier molecular flexibility index (Phi) is 9.34. The summed E-state index contributed by atoms with van der Waals surface area (Å²) >= 11 is 0. The first-order valence-corrected chi connectivity index (χ1v) is 10.2. The van der Waals surface area contributed by atoms with E-state index < -0.39 is 60.4 Å². The van der Waals surface area contributed by atoms with Crippen LogP contribution in [0.4, 0.5) is 0 Å². The van der Waals surface area contributed by atoms with E-state index in [-0.39, 0.29) is 13.0 Å². The van der Waals surface area contributed by atoms with E-state index in [9.17, 15) is 24.0 Å². The van der Waals surface area contributed by atoms with Gasteiger partial charge >= 0.3 is 23.9 Å². The summed E-state index contributed by atoms with van der Waals surface area (Å²) in [6, 6.07) is 8.87. The first kappa shape index (κ1) is 25.8. The van der Waals surface area contributed by atoms with Crippen LogP contribution in [0.15, 0.2) is 30.3 Å². The van der Waals surface area contributed by atoms with Crippen molar-refractivity contribution in [2.45, 2.75) is 64.8 Å². The first-order valence-electron chi connectivity index (χ1n) is 10.2. The summed E-state index contributed by atoms with van der Waals surface area (Å²) in [6.45, 7) is 4.17. The topological polar surface area (TPSA) is 144 Å². The Bertz CT molecular complexity index is 871. The summed E-state index contributed by atoms with van der Waals surface area (Å²) < 4.78 is 26.7. The maximum atomic E-state index is 12.7. The number of carbonyl (C=O) groups is 5. The summed E-state index contributed by atoms with van der Waals surface area (Å²) in [5.41, 5.74) is 0.723. The van der Waals surface area contributed by atoms with Gasteiger partial charge in [-0.1, -0.05) is 30.3 Å². The molecule has 0 radical (unpaired) electrons. The van der Waals surface area contributed by atoms with Crippen molar-refractivity contribution < 1.29 is 47.7 Å². The number of esters is 4. The van der Waals surface area contributed by atoms with E-state index >= 15 is 0 Å². The zero-order valence-corrected chi connectivity index (χ0v) is 18.8. The first-order chi connectivity index (χ1) is 15.6. The van der Waals surface area contributed by atoms with E-state index in [1.807, 2.05) is 0 Å². The van der Waals surface area contributed by atoms with Gasteiger partial charge in [0, 0.05) is 27.7 Å². The van der Waals surface area contributed by atoms with Crippen molar-refractivity contribution in [1.82, 2.24) is 5.32 Å². The Hall–Kier alpha value is -3.47. The molecule has 33 heavy (non-hydrogen) atoms. The number of hydrogen-bond donors (Lipinski definition) is 1. The molecule has 0 bridgehead atoms. The number of rotatable bonds is 8. The van der Waals surface area contributed by atoms with Crippen molar-refractivity contribution >= 4 is 29.8 Å². The predicted molar refractivity (Wildman–Crippen MR) is 110 cm³/mol. The zero-order chi connectivity index (χ0) is 24.5. The standard InChI is InChI=1S/C22H27NO10/c1-12(24)29-11-17-19(30-13(2)25)20(31-14(3)26)21(32-15(4)27)22(33-17)23-18(28)10-16-8-6-5-7-9-16/h5-9,17,19-22H,10-11H2,1-4H3,(H,23,28). The molecule has 1 aliphatic heterocycles. The highest BCUT2D eigenvalue weighted by molar-refractivity contribution is 5.79. The molecule has 0 spiro atoms. The number of ether oxygens (including phenoxy) is 5. The summed E-state index contributed by atoms with van der Waals surface area (Å²) in [4.78, 5) is 59.3. The molecule has 1 N–H and O–H groups in total. The maximum Gasteiger partial charge on any atom is 0.303 e. The lowest BCUT2D eigenvalue weighted by atomic mass is 9.97. The fourth-order valence-corrected chi connectivity index (χ4v) is 3.34. The molecule has 2 rings (SSSR count). The third kappa shape index (κ3) is 8.19. The largest absolute Gasteiger partial charge is 0.463 e. The third-order valence-corrected chi connectivity index (χ3v) is 4.50. The molecule has 1 aromatic carbocycles. The molecule has 1 aliphatic rings. The van der Waals surface area contributed by atoms with Crippen molar-refractivity contribution in [1.29, 1.82) is 0 Å². The van der Waals surface area contributed by atoms with Gasteiger partial charge in [-0.3, -0.25) is 24.0 Å². The number of carbonyl (C=O) groups excluding carboxylic acids is 5. The smallest absolute Gasteiger partial charge is 0.303 e. The monoisotopic (exact) mass is 465 g/mol. The minimum Gasteiger partial charge on any atom is -0.463 e. The summed E-state index contributed by atoms with van der Waals surface area (Å²) in [5, 5.41) is 2.61. The van der Waals surface area contributed by atoms with Crippen molar-refractivity contribution in [2.75, 3.05) is 6.61 Å². The molecule has 5 unspecified atom stereocenters. The fraction of sp³-hybridized carbons (Fsp3) is 0.500. The molecule has 1 aromatic rings. The quantitative estimate of drug-likeness (QED) is 0.424. The Balaban J connectivity index is 2.35. The molecule has 0 saturated carbocycles. The minimum atomic E-state index is -1.34. The Labute approximate surface area is 190 Å². The van der Waals surface area contributed by atoms with Crippen LogP contribution >= 0.6 is 0 Å². The van der Waals surface area contributed by atoms with E-state index in [1.54, 1.807) is 30.3 Å². The van der Waals surface area contributed by atoms with Crippen molar-refractivity contribution in [3.8, 4) is 0 Å². The molecule has 0 aromatic heterocycles. The lowest BCUT2D eigenvalue weighted by Crippen LogP contribution is -2.66. The van der Waals surface area contributed by atoms with Crippen LogP contribution in [0.25, 0.3) is 0 Å². The normalized spacial score (nSPS) is 24.2. The molecule has 180 valence electrons. The molecule has 1 fully saturated rings. The summed E-state index contributed by atoms with van der Waals surface area (Å²) in [5.74, 6) is -3.33. The van der Waals surface area contributed by atoms with Crippen molar-refractivity contribution in [3.05, 3.63) is 35.9 Å². The van der Waals surface area contributed by atoms with Gasteiger partial charge in [-0.05, 0) is 5.56 Å². The predicted octanol–water partition coefficient (Wildman–Crippen LogP) is 0.428. The molecule has 11 heteroatoms. The highest BCUT2D eigenvalue weighted by Crippen LogP contribution is 2.28. The van der Waals surface area contributed by atoms with E-state index in [0.29, 0.717) is 0 Å². The molecular formula is C22H27NO10. The molecule has 11 nitrogen and oxygen atoms in total. The molecule has 5 atom stereocenters. The van der Waals surface area contributed by atoms with Gasteiger partial charge in [-0.25, -0.2) is 0 Å². The van der Waals surface area contributed by atoms with Gasteiger partial charge in [0.15, 0.2) is 24.5 Å². The SMILES string of the molecule is CC(=O)OCC1OC(NC(=O)Cc2ccccc2)C(OC(C)=O)C(OC(C)=O)C1OC(C)=O. The highest BCUT2D eigenvalue weighted by atomic mass is 16.7. The Morgan fingerprint density at radius 2 is 1.33 bits per heavy atom. The van der Waals surface area contributed by atoms with Gasteiger partial charge in [0.2, 0.25) is 5.91 Å². The van der Waals surface area contributed by atoms with Crippen molar-refractivity contribution in [2.24, 2.45) is 0 Å². The number of hydrogen-bond acceptors (Lipinski definition) is 10. The molecular weight excluding hydrogens is 438 g/mol. The molecule has 1 saturated heterocycles. The zero-order valence-electron chi connectivity index (χ0n) is 18.8. The van der Waals surface area contributed by atoms with Gasteiger partial charge < -0.3 is 29.0 Å². The van der Waals surface area contributed by atoms with E-state index in [1.165, 1.54) is 6.92 Å². The number of benzene rings is 1. The molecule has 1 heterocycles. The minimum absolute atomic E-state index is 0.00624. The average Bonchev–Trinajstić information content (AvgIpc) is 2.70. The van der Waals surface area contributed by atoms with E-state index in [0.717, 1.165) is 26.3 Å². The van der Waals surface area contributed by atoms with Crippen LogP contribution in [-0.4, -0.2) is 67.0 Å². The lowest BCUT2D eigenvalue weighted by molar-refractivity contribution is -0.256. The summed E-state index contributed by atoms with van der Waals surface area (Å²) in [7, 11) is 0. The van der Waals surface area contributed by atoms with Crippen LogP contribution in [-0.2, 0) is 54.1 Å². The van der Waals surface area contributed by atoms with Gasteiger partial charge in [0.05, 0.1) is 6.42 Å². The van der Waals surface area contributed by atoms with Crippen LogP contribution in [0.3, 0.4) is 0 Å². The Morgan fingerprint density at radius 1 is 0.788 bits per heavy atom. The van der Waals surface area contributed by atoms with E-state index in [2.05, 4.69) is 5.32 Å². The molecule has 1 amide bonds. The van der Waals surface area contributed by atoms with E-state index in [4.69, 9.17) is 23.7 Å². The number of amides is 1. The third-order valence-electron chi connectivity index (χ3n) is 4.50. The second-order valence-corrected chi connectivity index (χ2v) is 7.35. The maximum absolute atomic E-state index is 12.7. The van der Waals surface area contributed by atoms with Gasteiger partial charge in [-0.2, -0.15) is 0 Å². The Morgan fingerprint density at radius 3 is 1.88 bits per heavy atom. The fourth-order valence-electron chi connectivity index (χ4n) is 3.34. The molecule has 0 aliphatic carbocycles. The number of nitrogens with one attached hydrogen (secondary N) is 1. The van der Waals surface area contributed by atoms with Crippen LogP contribution in [0.2, 0.25) is 0 Å². The second-order valence-electron chi connectivity index (χ2n) is 7.35. The van der Waals surface area contributed by atoms with Gasteiger partial charge in [0.1, 0.15) is 12.7 Å². The highest BCUT2D eigenvalue weighted by Gasteiger charge is 2.52. The van der Waals surface area contributed by atoms with Crippen LogP contribution in [0, 0.1) is 0 Å². The van der Waals surface area contributed by atoms with Crippen LogP contribution in [0.1, 0.15) is 33.3 Å². The van der Waals surface area contributed by atoms with Crippen molar-refractivity contribution in [3.63, 3.8) is 0 Å². The van der Waals surface area contributed by atoms with Crippen LogP contribution < -0.4 is 5.32 Å². The van der Waals surface area contributed by atoms with Crippen LogP contribution in [0.5, 0.6) is 0 Å².